The van der Waals surface area contributed by atoms with Gasteiger partial charge in [0.15, 0.2) is 0 Å². The molecule has 4 aromatic rings. The molecule has 7 nitrogen and oxygen atoms in total. The summed E-state index contributed by atoms with van der Waals surface area (Å²) < 4.78 is 3.86. The van der Waals surface area contributed by atoms with Crippen molar-refractivity contribution in [2.45, 2.75) is 20.4 Å². The molecule has 140 valence electrons. The van der Waals surface area contributed by atoms with Crippen LogP contribution in [-0.4, -0.2) is 31.5 Å². The van der Waals surface area contributed by atoms with E-state index in [2.05, 4.69) is 32.1 Å². The van der Waals surface area contributed by atoms with Gasteiger partial charge in [0.05, 0.1) is 29.1 Å². The minimum absolute atomic E-state index is 0.280. The third-order valence-electron chi connectivity index (χ3n) is 4.52. The first-order valence-corrected chi connectivity index (χ1v) is 9.06. The summed E-state index contributed by atoms with van der Waals surface area (Å²) in [6, 6.07) is 15.3. The van der Waals surface area contributed by atoms with E-state index in [1.54, 1.807) is 29.2 Å². The van der Waals surface area contributed by atoms with Gasteiger partial charge >= 0.3 is 0 Å². The fourth-order valence-corrected chi connectivity index (χ4v) is 3.15. The molecule has 2 aromatic carbocycles. The second-order valence-electron chi connectivity index (χ2n) is 6.36. The maximum absolute atomic E-state index is 12.4. The maximum Gasteiger partial charge on any atom is 0.271 e. The summed E-state index contributed by atoms with van der Waals surface area (Å²) in [5.74, 6) is 0.654. The Morgan fingerprint density at radius 2 is 2.04 bits per heavy atom. The van der Waals surface area contributed by atoms with Gasteiger partial charge < -0.3 is 4.57 Å². The fourth-order valence-electron chi connectivity index (χ4n) is 3.15. The van der Waals surface area contributed by atoms with E-state index in [0.717, 1.165) is 34.7 Å². The van der Waals surface area contributed by atoms with E-state index in [4.69, 9.17) is 0 Å². The summed E-state index contributed by atoms with van der Waals surface area (Å²) >= 11 is 0. The number of hydrogen-bond donors (Lipinski definition) is 1. The highest BCUT2D eigenvalue weighted by Gasteiger charge is 2.10. The van der Waals surface area contributed by atoms with E-state index < -0.39 is 0 Å². The number of imidazole rings is 1. The number of carbonyl (C=O) groups excluding carboxylic acids is 1. The van der Waals surface area contributed by atoms with Gasteiger partial charge in [0.2, 0.25) is 0 Å². The standard InChI is InChI=1S/C21H20N6O/c1-3-26-15(2)24-19-11-17(9-10-20(19)26)21(28)25-22-12-16-13-23-27(14-16)18-7-5-4-6-8-18/h4-14H,3H2,1-2H3,(H,25,28)/b22-12-. The van der Waals surface area contributed by atoms with Crippen molar-refractivity contribution in [3.05, 3.63) is 77.9 Å². The molecule has 2 aromatic heterocycles. The van der Waals surface area contributed by atoms with Gasteiger partial charge in [-0.1, -0.05) is 18.2 Å². The van der Waals surface area contributed by atoms with Crippen LogP contribution in [0.2, 0.25) is 0 Å². The highest BCUT2D eigenvalue weighted by atomic mass is 16.2. The monoisotopic (exact) mass is 372 g/mol. The Morgan fingerprint density at radius 1 is 1.21 bits per heavy atom. The van der Waals surface area contributed by atoms with Gasteiger partial charge in [-0.25, -0.2) is 15.1 Å². The van der Waals surface area contributed by atoms with E-state index >= 15 is 0 Å². The number of benzene rings is 2. The number of para-hydroxylation sites is 1. The Bertz CT molecular complexity index is 1160. The molecule has 0 aliphatic rings. The zero-order chi connectivity index (χ0) is 19.5. The van der Waals surface area contributed by atoms with Crippen molar-refractivity contribution in [2.24, 2.45) is 5.10 Å². The molecule has 1 N–H and O–H groups in total. The summed E-state index contributed by atoms with van der Waals surface area (Å²) in [6.45, 7) is 4.88. The number of carbonyl (C=O) groups is 1. The molecular weight excluding hydrogens is 352 g/mol. The Hall–Kier alpha value is -3.74. The van der Waals surface area contributed by atoms with Crippen LogP contribution in [0.3, 0.4) is 0 Å². The third-order valence-corrected chi connectivity index (χ3v) is 4.52. The zero-order valence-electron chi connectivity index (χ0n) is 15.7. The Labute approximate surface area is 162 Å². The van der Waals surface area contributed by atoms with Crippen LogP contribution in [0.1, 0.15) is 28.7 Å². The molecule has 0 bridgehead atoms. The van der Waals surface area contributed by atoms with Crippen LogP contribution in [0, 0.1) is 6.92 Å². The predicted octanol–water partition coefficient (Wildman–Crippen LogP) is 3.31. The molecule has 0 saturated heterocycles. The van der Waals surface area contributed by atoms with E-state index in [9.17, 15) is 4.79 Å². The molecular formula is C21H20N6O. The lowest BCUT2D eigenvalue weighted by atomic mass is 10.2. The zero-order valence-corrected chi connectivity index (χ0v) is 15.7. The minimum Gasteiger partial charge on any atom is -0.329 e. The Kier molecular flexibility index (Phi) is 4.72. The highest BCUT2D eigenvalue weighted by Crippen LogP contribution is 2.17. The van der Waals surface area contributed by atoms with Crippen LogP contribution in [0.4, 0.5) is 0 Å². The number of amides is 1. The lowest BCUT2D eigenvalue weighted by Crippen LogP contribution is -2.17. The first-order chi connectivity index (χ1) is 13.7. The van der Waals surface area contributed by atoms with Crippen molar-refractivity contribution in [1.82, 2.24) is 24.8 Å². The van der Waals surface area contributed by atoms with Crippen molar-refractivity contribution < 1.29 is 4.79 Å². The van der Waals surface area contributed by atoms with Crippen LogP contribution in [0.25, 0.3) is 16.7 Å². The molecule has 0 radical (unpaired) electrons. The van der Waals surface area contributed by atoms with Gasteiger partial charge in [-0.15, -0.1) is 0 Å². The van der Waals surface area contributed by atoms with Crippen LogP contribution in [-0.2, 0) is 6.54 Å². The number of rotatable bonds is 5. The summed E-state index contributed by atoms with van der Waals surface area (Å²) in [5, 5.41) is 8.34. The van der Waals surface area contributed by atoms with E-state index in [-0.39, 0.29) is 5.91 Å². The smallest absolute Gasteiger partial charge is 0.271 e. The van der Waals surface area contributed by atoms with Crippen LogP contribution >= 0.6 is 0 Å². The molecule has 7 heteroatoms. The third kappa shape index (κ3) is 3.42. The van der Waals surface area contributed by atoms with Crippen LogP contribution < -0.4 is 5.43 Å². The molecule has 0 fully saturated rings. The number of hydrazone groups is 1. The maximum atomic E-state index is 12.4. The quantitative estimate of drug-likeness (QED) is 0.431. The minimum atomic E-state index is -0.280. The highest BCUT2D eigenvalue weighted by molar-refractivity contribution is 5.97. The molecule has 0 aliphatic heterocycles. The number of aromatic nitrogens is 4. The van der Waals surface area contributed by atoms with Gasteiger partial charge in [-0.3, -0.25) is 4.79 Å². The molecule has 28 heavy (non-hydrogen) atoms. The van der Waals surface area contributed by atoms with Crippen molar-refractivity contribution in [3.63, 3.8) is 0 Å². The molecule has 0 atom stereocenters. The van der Waals surface area contributed by atoms with Gasteiger partial charge in [0.25, 0.3) is 5.91 Å². The van der Waals surface area contributed by atoms with Gasteiger partial charge in [-0.2, -0.15) is 10.2 Å². The van der Waals surface area contributed by atoms with E-state index in [1.807, 2.05) is 49.5 Å². The normalized spacial score (nSPS) is 11.4. The number of fused-ring (bicyclic) bond motifs is 1. The van der Waals surface area contributed by atoms with Gasteiger partial charge in [0, 0.05) is 23.9 Å². The number of aryl methyl sites for hydroxylation is 2. The first kappa shape index (κ1) is 17.7. The summed E-state index contributed by atoms with van der Waals surface area (Å²) in [6.07, 6.45) is 5.10. The van der Waals surface area contributed by atoms with E-state index in [1.165, 1.54) is 0 Å². The number of nitrogens with one attached hydrogen (secondary N) is 1. The topological polar surface area (TPSA) is 77.1 Å². The number of hydrogen-bond acceptors (Lipinski definition) is 4. The van der Waals surface area contributed by atoms with Gasteiger partial charge in [0.1, 0.15) is 5.82 Å². The Balaban J connectivity index is 1.46. The van der Waals surface area contributed by atoms with Gasteiger partial charge in [-0.05, 0) is 44.2 Å². The van der Waals surface area contributed by atoms with E-state index in [0.29, 0.717) is 5.56 Å². The van der Waals surface area contributed by atoms with Crippen molar-refractivity contribution in [3.8, 4) is 5.69 Å². The first-order valence-electron chi connectivity index (χ1n) is 9.06. The second kappa shape index (κ2) is 7.48. The average Bonchev–Trinajstić information content (AvgIpc) is 3.31. The van der Waals surface area contributed by atoms with Crippen LogP contribution in [0.15, 0.2) is 66.0 Å². The second-order valence-corrected chi connectivity index (χ2v) is 6.36. The largest absolute Gasteiger partial charge is 0.329 e. The lowest BCUT2D eigenvalue weighted by Gasteiger charge is -2.03. The summed E-state index contributed by atoms with van der Waals surface area (Å²) in [4.78, 5) is 16.9. The molecule has 2 heterocycles. The molecule has 1 amide bonds. The molecule has 4 rings (SSSR count). The fraction of sp³-hybridized carbons (Fsp3) is 0.143. The predicted molar refractivity (Wildman–Crippen MR) is 109 cm³/mol. The van der Waals surface area contributed by atoms with Crippen molar-refractivity contribution >= 4 is 23.2 Å². The SMILES string of the molecule is CCn1c(C)nc2cc(C(=O)N/N=C\c3cnn(-c4ccccc4)c3)ccc21. The molecule has 0 unspecified atom stereocenters. The lowest BCUT2D eigenvalue weighted by molar-refractivity contribution is 0.0955. The molecule has 0 spiro atoms. The van der Waals surface area contributed by atoms with Crippen molar-refractivity contribution in [1.29, 1.82) is 0 Å². The Morgan fingerprint density at radius 3 is 2.82 bits per heavy atom. The summed E-state index contributed by atoms with van der Waals surface area (Å²) in [5.41, 5.74) is 6.65. The average molecular weight is 372 g/mol. The molecule has 0 saturated carbocycles. The molecule has 0 aliphatic carbocycles. The number of nitrogens with zero attached hydrogens (tertiary/aromatic N) is 5. The van der Waals surface area contributed by atoms with Crippen molar-refractivity contribution in [2.75, 3.05) is 0 Å². The van der Waals surface area contributed by atoms with Crippen LogP contribution in [0.5, 0.6) is 0 Å². The summed E-state index contributed by atoms with van der Waals surface area (Å²) in [7, 11) is 0.